The zero-order valence-corrected chi connectivity index (χ0v) is 20.2. The van der Waals surface area contributed by atoms with Gasteiger partial charge in [0.1, 0.15) is 5.60 Å². The lowest BCUT2D eigenvalue weighted by Gasteiger charge is -2.34. The van der Waals surface area contributed by atoms with E-state index in [0.717, 1.165) is 16.6 Å². The predicted molar refractivity (Wildman–Crippen MR) is 124 cm³/mol. The van der Waals surface area contributed by atoms with Crippen molar-refractivity contribution >= 4 is 29.1 Å². The number of aromatic nitrogens is 1. The van der Waals surface area contributed by atoms with Gasteiger partial charge >= 0.3 is 18.2 Å². The van der Waals surface area contributed by atoms with E-state index in [0.29, 0.717) is 44.5 Å². The second-order valence-corrected chi connectivity index (χ2v) is 9.33. The van der Waals surface area contributed by atoms with E-state index in [9.17, 15) is 14.4 Å². The Morgan fingerprint density at radius 1 is 1.06 bits per heavy atom. The second kappa shape index (κ2) is 10.3. The van der Waals surface area contributed by atoms with Crippen LogP contribution in [0.3, 0.4) is 0 Å². The number of piperidine rings is 1. The van der Waals surface area contributed by atoms with Gasteiger partial charge in [-0.3, -0.25) is 4.79 Å². The van der Waals surface area contributed by atoms with Crippen LogP contribution in [-0.2, 0) is 25.4 Å². The van der Waals surface area contributed by atoms with Crippen molar-refractivity contribution in [2.75, 3.05) is 26.8 Å². The quantitative estimate of drug-likeness (QED) is 0.469. The molecule has 180 valence electrons. The highest BCUT2D eigenvalue weighted by atomic mass is 16.6. The molecule has 1 aliphatic rings. The summed E-state index contributed by atoms with van der Waals surface area (Å²) >= 11 is 0. The smallest absolute Gasteiger partial charge is 0.418 e. The van der Waals surface area contributed by atoms with Crippen molar-refractivity contribution in [1.82, 2.24) is 9.47 Å². The molecule has 0 radical (unpaired) electrons. The van der Waals surface area contributed by atoms with Gasteiger partial charge in [-0.15, -0.1) is 0 Å². The van der Waals surface area contributed by atoms with Gasteiger partial charge < -0.3 is 19.1 Å². The van der Waals surface area contributed by atoms with Crippen molar-refractivity contribution in [3.8, 4) is 0 Å². The monoisotopic (exact) mass is 458 g/mol. The van der Waals surface area contributed by atoms with Gasteiger partial charge in [-0.1, -0.05) is 25.1 Å². The highest BCUT2D eigenvalue weighted by molar-refractivity contribution is 5.96. The van der Waals surface area contributed by atoms with E-state index in [-0.39, 0.29) is 24.4 Å². The first-order chi connectivity index (χ1) is 15.7. The van der Waals surface area contributed by atoms with Gasteiger partial charge in [0.25, 0.3) is 0 Å². The number of likely N-dealkylation sites (tertiary alicyclic amines) is 1. The van der Waals surface area contributed by atoms with Crippen molar-refractivity contribution in [1.29, 1.82) is 0 Å². The molecule has 0 spiro atoms. The molecular formula is C25H34N2O6. The number of carbonyl (C=O) groups is 3. The van der Waals surface area contributed by atoms with Crippen LogP contribution in [0, 0.1) is 0 Å². The molecule has 1 amide bonds. The van der Waals surface area contributed by atoms with Crippen LogP contribution in [0.4, 0.5) is 9.59 Å². The Kier molecular flexibility index (Phi) is 7.66. The molecule has 2 heterocycles. The molecule has 8 nitrogen and oxygen atoms in total. The van der Waals surface area contributed by atoms with E-state index in [4.69, 9.17) is 14.2 Å². The molecule has 1 saturated heterocycles. The lowest BCUT2D eigenvalue weighted by Crippen LogP contribution is -2.41. The first-order valence-corrected chi connectivity index (χ1v) is 11.5. The molecular weight excluding hydrogens is 424 g/mol. The van der Waals surface area contributed by atoms with Crippen molar-refractivity contribution in [3.05, 3.63) is 35.5 Å². The minimum absolute atomic E-state index is 0.0232. The number of amides is 1. The normalized spacial score (nSPS) is 14.9. The van der Waals surface area contributed by atoms with E-state index in [1.807, 2.05) is 52.0 Å². The molecule has 3 rings (SSSR count). The lowest BCUT2D eigenvalue weighted by molar-refractivity contribution is -0.139. The van der Waals surface area contributed by atoms with Gasteiger partial charge in [0.05, 0.1) is 25.7 Å². The number of ether oxygens (including phenoxy) is 3. The standard InChI is InChI=1S/C25H34N2O6/c1-6-15-32-24(30)27-20-10-8-7-9-18(20)19(16-21(28)31-5)22(27)17-11-13-26(14-12-17)23(29)33-25(2,3)4/h7-10,17H,6,11-16H2,1-5H3. The highest BCUT2D eigenvalue weighted by Crippen LogP contribution is 2.37. The Morgan fingerprint density at radius 2 is 1.73 bits per heavy atom. The molecule has 0 unspecified atom stereocenters. The van der Waals surface area contributed by atoms with Crippen LogP contribution < -0.4 is 0 Å². The second-order valence-electron chi connectivity index (χ2n) is 9.33. The third-order valence-corrected chi connectivity index (χ3v) is 5.71. The number of hydrogen-bond acceptors (Lipinski definition) is 6. The van der Waals surface area contributed by atoms with Gasteiger partial charge in [0.2, 0.25) is 0 Å². The first-order valence-electron chi connectivity index (χ1n) is 11.5. The fourth-order valence-corrected chi connectivity index (χ4v) is 4.27. The van der Waals surface area contributed by atoms with Crippen LogP contribution in [0.5, 0.6) is 0 Å². The van der Waals surface area contributed by atoms with Gasteiger partial charge in [-0.25, -0.2) is 14.2 Å². The molecule has 0 bridgehead atoms. The van der Waals surface area contributed by atoms with Crippen LogP contribution in [0.2, 0.25) is 0 Å². The molecule has 8 heteroatoms. The highest BCUT2D eigenvalue weighted by Gasteiger charge is 2.33. The Morgan fingerprint density at radius 3 is 2.33 bits per heavy atom. The summed E-state index contributed by atoms with van der Waals surface area (Å²) in [6.45, 7) is 8.79. The molecule has 1 aromatic carbocycles. The minimum atomic E-state index is -0.558. The summed E-state index contributed by atoms with van der Waals surface area (Å²) in [5.41, 5.74) is 1.70. The fraction of sp³-hybridized carbons (Fsp3) is 0.560. The van der Waals surface area contributed by atoms with Crippen LogP contribution in [-0.4, -0.2) is 60.0 Å². The number of benzene rings is 1. The minimum Gasteiger partial charge on any atom is -0.469 e. The van der Waals surface area contributed by atoms with Crippen LogP contribution >= 0.6 is 0 Å². The average Bonchev–Trinajstić information content (AvgIpc) is 3.10. The van der Waals surface area contributed by atoms with Gasteiger partial charge in [0, 0.05) is 30.1 Å². The van der Waals surface area contributed by atoms with Gasteiger partial charge in [-0.2, -0.15) is 0 Å². The summed E-state index contributed by atoms with van der Waals surface area (Å²) in [6, 6.07) is 7.53. The van der Waals surface area contributed by atoms with E-state index < -0.39 is 11.7 Å². The molecule has 0 N–H and O–H groups in total. The average molecular weight is 459 g/mol. The van der Waals surface area contributed by atoms with Crippen LogP contribution in [0.1, 0.15) is 64.1 Å². The number of para-hydroxylation sites is 1. The maximum absolute atomic E-state index is 13.1. The predicted octanol–water partition coefficient (Wildman–Crippen LogP) is 4.87. The van der Waals surface area contributed by atoms with Crippen molar-refractivity contribution in [2.45, 2.75) is 64.9 Å². The van der Waals surface area contributed by atoms with E-state index >= 15 is 0 Å². The number of nitrogens with zero attached hydrogens (tertiary/aromatic N) is 2. The van der Waals surface area contributed by atoms with Crippen LogP contribution in [0.15, 0.2) is 24.3 Å². The summed E-state index contributed by atoms with van der Waals surface area (Å²) in [5, 5.41) is 0.834. The first kappa shape index (κ1) is 24.6. The van der Waals surface area contributed by atoms with Crippen molar-refractivity contribution in [2.24, 2.45) is 0 Å². The summed E-state index contributed by atoms with van der Waals surface area (Å²) < 4.78 is 17.6. The SMILES string of the molecule is CCCOC(=O)n1c(C2CCN(C(=O)OC(C)(C)C)CC2)c(CC(=O)OC)c2ccccc21. The summed E-state index contributed by atoms with van der Waals surface area (Å²) in [5.74, 6) is -0.391. The van der Waals surface area contributed by atoms with Gasteiger partial charge in [0.15, 0.2) is 0 Å². The number of fused-ring (bicyclic) bond motifs is 1. The van der Waals surface area contributed by atoms with E-state index in [1.54, 1.807) is 9.47 Å². The third kappa shape index (κ3) is 5.67. The maximum Gasteiger partial charge on any atom is 0.418 e. The van der Waals surface area contributed by atoms with Crippen LogP contribution in [0.25, 0.3) is 10.9 Å². The molecule has 0 aliphatic carbocycles. The molecule has 1 aromatic heterocycles. The number of carbonyl (C=O) groups excluding carboxylic acids is 3. The van der Waals surface area contributed by atoms with Crippen molar-refractivity contribution < 1.29 is 28.6 Å². The summed E-state index contributed by atoms with van der Waals surface area (Å²) in [4.78, 5) is 39.6. The Hall–Kier alpha value is -3.03. The van der Waals surface area contributed by atoms with E-state index in [2.05, 4.69) is 0 Å². The topological polar surface area (TPSA) is 87.1 Å². The Bertz CT molecular complexity index is 1010. The number of esters is 1. The molecule has 1 fully saturated rings. The molecule has 33 heavy (non-hydrogen) atoms. The summed E-state index contributed by atoms with van der Waals surface area (Å²) in [7, 11) is 1.36. The number of rotatable bonds is 5. The molecule has 0 atom stereocenters. The molecule has 0 saturated carbocycles. The van der Waals surface area contributed by atoms with Crippen molar-refractivity contribution in [3.63, 3.8) is 0 Å². The fourth-order valence-electron chi connectivity index (χ4n) is 4.27. The molecule has 2 aromatic rings. The third-order valence-electron chi connectivity index (χ3n) is 5.71. The number of methoxy groups -OCH3 is 1. The van der Waals surface area contributed by atoms with E-state index in [1.165, 1.54) is 7.11 Å². The lowest BCUT2D eigenvalue weighted by atomic mass is 9.89. The summed E-state index contributed by atoms with van der Waals surface area (Å²) in [6.07, 6.45) is 1.28. The zero-order chi connectivity index (χ0) is 24.2. The zero-order valence-electron chi connectivity index (χ0n) is 20.2. The Balaban J connectivity index is 1.98. The Labute approximate surface area is 194 Å². The largest absolute Gasteiger partial charge is 0.469 e. The molecule has 1 aliphatic heterocycles. The maximum atomic E-state index is 13.1. The number of hydrogen-bond donors (Lipinski definition) is 0. The van der Waals surface area contributed by atoms with Gasteiger partial charge in [-0.05, 0) is 51.7 Å².